The van der Waals surface area contributed by atoms with Crippen LogP contribution in [0, 0.1) is 20.8 Å². The number of aryl methyl sites for hydroxylation is 3. The predicted octanol–water partition coefficient (Wildman–Crippen LogP) is 2.15. The molecule has 0 spiro atoms. The topological polar surface area (TPSA) is 67.1 Å². The van der Waals surface area contributed by atoms with E-state index in [1.54, 1.807) is 0 Å². The molecule has 2 aromatic rings. The SMILES string of the molecule is Cc1ccc(N2CCC[C@H](NCc3c(C)noc3C)C2)nn1. The summed E-state index contributed by atoms with van der Waals surface area (Å²) in [5.74, 6) is 1.87. The molecule has 1 aliphatic rings. The van der Waals surface area contributed by atoms with E-state index in [1.165, 1.54) is 12.0 Å². The van der Waals surface area contributed by atoms with Crippen molar-refractivity contribution in [2.45, 2.75) is 46.2 Å². The third-order valence-corrected chi connectivity index (χ3v) is 4.28. The second-order valence-electron chi connectivity index (χ2n) is 6.00. The summed E-state index contributed by atoms with van der Waals surface area (Å²) in [7, 11) is 0. The number of hydrogen-bond acceptors (Lipinski definition) is 6. The summed E-state index contributed by atoms with van der Waals surface area (Å²) >= 11 is 0. The summed E-state index contributed by atoms with van der Waals surface area (Å²) in [5.41, 5.74) is 3.10. The van der Waals surface area contributed by atoms with Gasteiger partial charge in [-0.3, -0.25) is 0 Å². The van der Waals surface area contributed by atoms with Crippen LogP contribution in [0.15, 0.2) is 16.7 Å². The van der Waals surface area contributed by atoms with E-state index < -0.39 is 0 Å². The first-order valence-corrected chi connectivity index (χ1v) is 7.84. The molecule has 2 aromatic heterocycles. The smallest absolute Gasteiger partial charge is 0.151 e. The molecule has 0 amide bonds. The number of aromatic nitrogens is 3. The van der Waals surface area contributed by atoms with E-state index in [0.717, 1.165) is 49.0 Å². The summed E-state index contributed by atoms with van der Waals surface area (Å²) in [6, 6.07) is 4.52. The van der Waals surface area contributed by atoms with Crippen LogP contribution >= 0.6 is 0 Å². The van der Waals surface area contributed by atoms with Crippen molar-refractivity contribution in [3.8, 4) is 0 Å². The van der Waals surface area contributed by atoms with Gasteiger partial charge in [-0.1, -0.05) is 5.16 Å². The summed E-state index contributed by atoms with van der Waals surface area (Å²) in [6.07, 6.45) is 2.34. The lowest BCUT2D eigenvalue weighted by Crippen LogP contribution is -2.46. The van der Waals surface area contributed by atoms with Crippen LogP contribution in [0.2, 0.25) is 0 Å². The summed E-state index contributed by atoms with van der Waals surface area (Å²) in [5, 5.41) is 16.1. The first-order valence-electron chi connectivity index (χ1n) is 7.84. The molecule has 0 unspecified atom stereocenters. The Bertz CT molecular complexity index is 602. The van der Waals surface area contributed by atoms with Gasteiger partial charge in [0.15, 0.2) is 5.82 Å². The molecular formula is C16H23N5O. The molecule has 6 heteroatoms. The molecule has 1 aliphatic heterocycles. The van der Waals surface area contributed by atoms with E-state index in [2.05, 4.69) is 31.6 Å². The van der Waals surface area contributed by atoms with Crippen LogP contribution in [-0.4, -0.2) is 34.5 Å². The van der Waals surface area contributed by atoms with Gasteiger partial charge >= 0.3 is 0 Å². The fourth-order valence-electron chi connectivity index (χ4n) is 2.91. The van der Waals surface area contributed by atoms with E-state index in [-0.39, 0.29) is 0 Å². The number of nitrogens with zero attached hydrogens (tertiary/aromatic N) is 4. The van der Waals surface area contributed by atoms with E-state index in [4.69, 9.17) is 4.52 Å². The predicted molar refractivity (Wildman–Crippen MR) is 84.8 cm³/mol. The summed E-state index contributed by atoms with van der Waals surface area (Å²) in [4.78, 5) is 2.31. The van der Waals surface area contributed by atoms with Crippen molar-refractivity contribution in [2.24, 2.45) is 0 Å². The lowest BCUT2D eigenvalue weighted by atomic mass is 10.0. The van der Waals surface area contributed by atoms with E-state index >= 15 is 0 Å². The van der Waals surface area contributed by atoms with Crippen molar-refractivity contribution >= 4 is 5.82 Å². The second-order valence-corrected chi connectivity index (χ2v) is 6.00. The molecule has 22 heavy (non-hydrogen) atoms. The lowest BCUT2D eigenvalue weighted by molar-refractivity contribution is 0.389. The van der Waals surface area contributed by atoms with Crippen molar-refractivity contribution in [1.29, 1.82) is 0 Å². The Morgan fingerprint density at radius 3 is 2.82 bits per heavy atom. The normalized spacial score (nSPS) is 18.7. The average molecular weight is 301 g/mol. The number of hydrogen-bond donors (Lipinski definition) is 1. The first-order chi connectivity index (χ1) is 10.6. The fourth-order valence-corrected chi connectivity index (χ4v) is 2.91. The van der Waals surface area contributed by atoms with Gasteiger partial charge in [-0.25, -0.2) is 0 Å². The molecule has 0 bridgehead atoms. The maximum absolute atomic E-state index is 5.22. The van der Waals surface area contributed by atoms with Crippen LogP contribution in [0.1, 0.15) is 35.6 Å². The zero-order valence-corrected chi connectivity index (χ0v) is 13.5. The third kappa shape index (κ3) is 3.27. The molecule has 1 N–H and O–H groups in total. The number of nitrogens with one attached hydrogen (secondary N) is 1. The monoisotopic (exact) mass is 301 g/mol. The highest BCUT2D eigenvalue weighted by Gasteiger charge is 2.21. The van der Waals surface area contributed by atoms with Gasteiger partial charge in [0.05, 0.1) is 11.4 Å². The largest absolute Gasteiger partial charge is 0.361 e. The number of anilines is 1. The van der Waals surface area contributed by atoms with Gasteiger partial charge in [0.25, 0.3) is 0 Å². The molecule has 1 fully saturated rings. The van der Waals surface area contributed by atoms with Crippen molar-refractivity contribution in [2.75, 3.05) is 18.0 Å². The minimum Gasteiger partial charge on any atom is -0.361 e. The molecule has 0 saturated carbocycles. The van der Waals surface area contributed by atoms with Gasteiger partial charge in [-0.15, -0.1) is 5.10 Å². The lowest BCUT2D eigenvalue weighted by Gasteiger charge is -2.33. The van der Waals surface area contributed by atoms with Crippen LogP contribution < -0.4 is 10.2 Å². The average Bonchev–Trinajstić information content (AvgIpc) is 2.85. The summed E-state index contributed by atoms with van der Waals surface area (Å²) < 4.78 is 5.22. The Morgan fingerprint density at radius 2 is 2.14 bits per heavy atom. The zero-order chi connectivity index (χ0) is 15.5. The number of piperidine rings is 1. The van der Waals surface area contributed by atoms with Gasteiger partial charge in [-0.2, -0.15) is 5.10 Å². The molecule has 1 atom stereocenters. The Hall–Kier alpha value is -1.95. The molecule has 0 aromatic carbocycles. The van der Waals surface area contributed by atoms with E-state index in [9.17, 15) is 0 Å². The van der Waals surface area contributed by atoms with Crippen LogP contribution in [0.5, 0.6) is 0 Å². The van der Waals surface area contributed by atoms with Crippen molar-refractivity contribution in [3.05, 3.63) is 34.8 Å². The first kappa shape index (κ1) is 15.0. The molecule has 3 heterocycles. The van der Waals surface area contributed by atoms with Gasteiger partial charge in [0.2, 0.25) is 0 Å². The van der Waals surface area contributed by atoms with Crippen LogP contribution in [0.25, 0.3) is 0 Å². The van der Waals surface area contributed by atoms with Crippen molar-refractivity contribution < 1.29 is 4.52 Å². The molecule has 1 saturated heterocycles. The Labute approximate surface area is 130 Å². The van der Waals surface area contributed by atoms with Crippen LogP contribution in [0.3, 0.4) is 0 Å². The minimum atomic E-state index is 0.450. The fraction of sp³-hybridized carbons (Fsp3) is 0.562. The van der Waals surface area contributed by atoms with Gasteiger partial charge in [0, 0.05) is 31.2 Å². The Kier molecular flexibility index (Phi) is 4.38. The Morgan fingerprint density at radius 1 is 1.27 bits per heavy atom. The Balaban J connectivity index is 1.60. The molecule has 3 rings (SSSR count). The van der Waals surface area contributed by atoms with E-state index in [0.29, 0.717) is 6.04 Å². The van der Waals surface area contributed by atoms with Crippen LogP contribution in [-0.2, 0) is 6.54 Å². The third-order valence-electron chi connectivity index (χ3n) is 4.28. The number of rotatable bonds is 4. The molecule has 118 valence electrons. The maximum Gasteiger partial charge on any atom is 0.151 e. The molecule has 0 radical (unpaired) electrons. The minimum absolute atomic E-state index is 0.450. The summed E-state index contributed by atoms with van der Waals surface area (Å²) in [6.45, 7) is 8.72. The van der Waals surface area contributed by atoms with Gasteiger partial charge in [-0.05, 0) is 45.7 Å². The van der Waals surface area contributed by atoms with Gasteiger partial charge < -0.3 is 14.7 Å². The molecule has 6 nitrogen and oxygen atoms in total. The van der Waals surface area contributed by atoms with Crippen molar-refractivity contribution in [3.63, 3.8) is 0 Å². The molecule has 0 aliphatic carbocycles. The highest BCUT2D eigenvalue weighted by Crippen LogP contribution is 2.18. The second kappa shape index (κ2) is 6.44. The van der Waals surface area contributed by atoms with Crippen molar-refractivity contribution in [1.82, 2.24) is 20.7 Å². The van der Waals surface area contributed by atoms with E-state index in [1.807, 2.05) is 26.8 Å². The highest BCUT2D eigenvalue weighted by atomic mass is 16.5. The van der Waals surface area contributed by atoms with Gasteiger partial charge in [0.1, 0.15) is 5.76 Å². The molecular weight excluding hydrogens is 278 g/mol. The quantitative estimate of drug-likeness (QED) is 0.933. The standard InChI is InChI=1S/C16H23N5O/c1-11-6-7-16(19-18-11)21-8-4-5-14(10-21)17-9-15-12(2)20-22-13(15)3/h6-7,14,17H,4-5,8-10H2,1-3H3/t14-/m0/s1. The highest BCUT2D eigenvalue weighted by molar-refractivity contribution is 5.38. The maximum atomic E-state index is 5.22. The van der Waals surface area contributed by atoms with Crippen LogP contribution in [0.4, 0.5) is 5.82 Å². The zero-order valence-electron chi connectivity index (χ0n) is 13.5.